The van der Waals surface area contributed by atoms with Gasteiger partial charge < -0.3 is 48.5 Å². The number of anilines is 3. The first kappa shape index (κ1) is 51.8. The Morgan fingerprint density at radius 2 is 1.45 bits per heavy atom. The number of aliphatic hydroxyl groups excluding tert-OH is 1. The van der Waals surface area contributed by atoms with E-state index in [2.05, 4.69) is 22.1 Å². The summed E-state index contributed by atoms with van der Waals surface area (Å²) >= 11 is 0. The van der Waals surface area contributed by atoms with Crippen molar-refractivity contribution in [3.63, 3.8) is 0 Å². The van der Waals surface area contributed by atoms with Gasteiger partial charge in [0.1, 0.15) is 36.5 Å². The normalized spacial score (nSPS) is 21.9. The third-order valence-electron chi connectivity index (χ3n) is 14.0. The second-order valence-electron chi connectivity index (χ2n) is 18.1. The van der Waals surface area contributed by atoms with Crippen molar-refractivity contribution in [2.45, 2.75) is 36.1 Å². The quantitative estimate of drug-likeness (QED) is 0.0425. The minimum atomic E-state index is -2.24. The number of carbonyl (C=O) groups excluding carboxylic acids is 6. The van der Waals surface area contributed by atoms with Gasteiger partial charge in [-0.1, -0.05) is 90.7 Å². The lowest BCUT2D eigenvalue weighted by atomic mass is 9.65. The molecule has 18 heteroatoms. The van der Waals surface area contributed by atoms with Gasteiger partial charge >= 0.3 is 24.0 Å². The number of hydrogen-bond acceptors (Lipinski definition) is 16. The van der Waals surface area contributed by atoms with Gasteiger partial charge in [-0.3, -0.25) is 28.9 Å². The molecular weight excluding hydrogens is 965 g/mol. The lowest BCUT2D eigenvalue weighted by Crippen LogP contribution is -2.54. The molecule has 0 unspecified atom stereocenters. The van der Waals surface area contributed by atoms with Crippen molar-refractivity contribution in [2.24, 2.45) is 11.8 Å². The van der Waals surface area contributed by atoms with E-state index in [-0.39, 0.29) is 55.4 Å². The van der Waals surface area contributed by atoms with Crippen molar-refractivity contribution in [1.29, 1.82) is 0 Å². The van der Waals surface area contributed by atoms with Gasteiger partial charge in [0.2, 0.25) is 11.8 Å². The molecule has 3 saturated heterocycles. The van der Waals surface area contributed by atoms with E-state index in [0.29, 0.717) is 48.7 Å². The minimum Gasteiger partial charge on any atom is -0.491 e. The Balaban J connectivity index is 1.33. The number of carbonyl (C=O) groups is 6. The van der Waals surface area contributed by atoms with Gasteiger partial charge in [0.05, 0.1) is 64.3 Å². The van der Waals surface area contributed by atoms with Crippen LogP contribution in [0.3, 0.4) is 0 Å². The summed E-state index contributed by atoms with van der Waals surface area (Å²) in [7, 11) is 3.71. The van der Waals surface area contributed by atoms with Gasteiger partial charge in [0.25, 0.3) is 0 Å². The van der Waals surface area contributed by atoms with Gasteiger partial charge in [-0.15, -0.1) is 0 Å². The van der Waals surface area contributed by atoms with Gasteiger partial charge in [-0.05, 0) is 65.2 Å². The van der Waals surface area contributed by atoms with Crippen LogP contribution in [-0.2, 0) is 57.8 Å². The number of methoxy groups -OCH3 is 3. The Hall–Kier alpha value is -8.08. The lowest BCUT2D eigenvalue weighted by molar-refractivity contribution is -0.178. The standard InChI is InChI=1S/C57H56N4O14/c1-69-33-34-74-56(68)60-44-26-21-36(13-12-19-42(52(64)70-2)53(65)71-3)35-43(44)57(55(60)67)46(51(63)58-39-22-24-40(25-23-39)59-27-30-72-31-28-59)48-54(66)75-49(38-16-8-5-9-17-38)47(37-14-6-4-7-15-37)61(48)50(57)41-18-10-11-20-45(41)73-32-29-62/h4-11,14-18,20-26,35,42,46-50,62H,19,27-34H2,1-3H3,(H,58,63)/t46-,47-,48-,49+,50+,57-/m0/s1. The number of nitrogens with one attached hydrogen (secondary N) is 1. The smallest absolute Gasteiger partial charge is 0.421 e. The lowest BCUT2D eigenvalue weighted by Gasteiger charge is -2.46. The molecular formula is C57H56N4O14. The van der Waals surface area contributed by atoms with Gasteiger partial charge in [0.15, 0.2) is 5.92 Å². The highest BCUT2D eigenvalue weighted by atomic mass is 16.6. The fourth-order valence-corrected chi connectivity index (χ4v) is 10.8. The number of amides is 3. The van der Waals surface area contributed by atoms with Crippen LogP contribution in [-0.4, -0.2) is 126 Å². The van der Waals surface area contributed by atoms with Gasteiger partial charge in [-0.25, -0.2) is 9.69 Å². The first-order valence-corrected chi connectivity index (χ1v) is 24.5. The summed E-state index contributed by atoms with van der Waals surface area (Å²) in [5, 5.41) is 13.2. The summed E-state index contributed by atoms with van der Waals surface area (Å²) in [6.07, 6.45) is -2.41. The molecule has 388 valence electrons. The summed E-state index contributed by atoms with van der Waals surface area (Å²) in [6, 6.07) is 33.3. The van der Waals surface area contributed by atoms with Crippen molar-refractivity contribution >= 4 is 52.9 Å². The zero-order valence-corrected chi connectivity index (χ0v) is 41.5. The fourth-order valence-electron chi connectivity index (χ4n) is 10.8. The van der Waals surface area contributed by atoms with Crippen LogP contribution >= 0.6 is 0 Å². The number of hydrogen-bond donors (Lipinski definition) is 2. The van der Waals surface area contributed by atoms with Crippen molar-refractivity contribution in [2.75, 3.05) is 89.2 Å². The average molecular weight is 1020 g/mol. The molecule has 9 rings (SSSR count). The molecule has 75 heavy (non-hydrogen) atoms. The number of rotatable bonds is 15. The highest BCUT2D eigenvalue weighted by Gasteiger charge is 2.76. The minimum absolute atomic E-state index is 0.00663. The second kappa shape index (κ2) is 23.0. The number of morpholine rings is 2. The number of cyclic esters (lactones) is 1. The van der Waals surface area contributed by atoms with E-state index in [9.17, 15) is 19.5 Å². The predicted molar refractivity (Wildman–Crippen MR) is 271 cm³/mol. The molecule has 0 bridgehead atoms. The number of nitrogens with zero attached hydrogens (tertiary/aromatic N) is 3. The Labute approximate surface area is 433 Å². The third-order valence-corrected chi connectivity index (χ3v) is 14.0. The summed E-state index contributed by atoms with van der Waals surface area (Å²) in [5.41, 5.74) is 1.05. The molecule has 18 nitrogen and oxygen atoms in total. The van der Waals surface area contributed by atoms with Crippen LogP contribution < -0.4 is 19.9 Å². The Morgan fingerprint density at radius 3 is 2.12 bits per heavy atom. The van der Waals surface area contributed by atoms with Gasteiger partial charge in [-0.2, -0.15) is 0 Å². The molecule has 3 amide bonds. The maximum atomic E-state index is 16.6. The van der Waals surface area contributed by atoms with E-state index in [1.165, 1.54) is 13.2 Å². The van der Waals surface area contributed by atoms with Crippen LogP contribution in [0.2, 0.25) is 0 Å². The van der Waals surface area contributed by atoms with E-state index in [0.717, 1.165) is 24.8 Å². The second-order valence-corrected chi connectivity index (χ2v) is 18.1. The van der Waals surface area contributed by atoms with Crippen molar-refractivity contribution < 1.29 is 67.0 Å². The van der Waals surface area contributed by atoms with Crippen LogP contribution in [0.15, 0.2) is 127 Å². The molecule has 0 aliphatic carbocycles. The van der Waals surface area contributed by atoms with Gasteiger partial charge in [0, 0.05) is 49.1 Å². The van der Waals surface area contributed by atoms with E-state index >= 15 is 14.4 Å². The summed E-state index contributed by atoms with van der Waals surface area (Å²) < 4.78 is 39.1. The summed E-state index contributed by atoms with van der Waals surface area (Å²) in [4.78, 5) is 93.3. The molecule has 5 aromatic rings. The predicted octanol–water partition coefficient (Wildman–Crippen LogP) is 5.69. The van der Waals surface area contributed by atoms with Crippen LogP contribution in [0.1, 0.15) is 52.4 Å². The average Bonchev–Trinajstić information content (AvgIpc) is 4.03. The van der Waals surface area contributed by atoms with Crippen molar-refractivity contribution in [3.05, 3.63) is 155 Å². The maximum absolute atomic E-state index is 16.6. The van der Waals surface area contributed by atoms with Crippen LogP contribution in [0.25, 0.3) is 0 Å². The van der Waals surface area contributed by atoms with E-state index in [1.807, 2.05) is 77.7 Å². The molecule has 0 radical (unpaired) electrons. The monoisotopic (exact) mass is 1020 g/mol. The number of aliphatic hydroxyl groups is 1. The molecule has 5 aromatic carbocycles. The van der Waals surface area contributed by atoms with E-state index in [1.54, 1.807) is 48.5 Å². The molecule has 0 saturated carbocycles. The number of imide groups is 1. The zero-order valence-electron chi connectivity index (χ0n) is 41.5. The number of benzene rings is 5. The Kier molecular flexibility index (Phi) is 15.9. The molecule has 4 heterocycles. The van der Waals surface area contributed by atoms with Crippen molar-refractivity contribution in [1.82, 2.24) is 4.90 Å². The summed E-state index contributed by atoms with van der Waals surface area (Å²) in [6.45, 7) is 1.66. The Bertz CT molecular complexity index is 2960. The molecule has 0 aromatic heterocycles. The van der Waals surface area contributed by atoms with Crippen LogP contribution in [0.5, 0.6) is 5.75 Å². The molecule has 6 atom stereocenters. The largest absolute Gasteiger partial charge is 0.491 e. The van der Waals surface area contributed by atoms with Crippen molar-refractivity contribution in [3.8, 4) is 17.6 Å². The van der Waals surface area contributed by atoms with E-state index < -0.39 is 77.3 Å². The van der Waals surface area contributed by atoms with Crippen LogP contribution in [0, 0.1) is 23.7 Å². The zero-order chi connectivity index (χ0) is 52.6. The molecule has 4 aliphatic heterocycles. The molecule has 4 aliphatic rings. The third kappa shape index (κ3) is 9.90. The number of esters is 3. The molecule has 1 spiro atoms. The number of ether oxygens (including phenoxy) is 7. The first-order valence-electron chi connectivity index (χ1n) is 24.5. The molecule has 3 fully saturated rings. The highest BCUT2D eigenvalue weighted by molar-refractivity contribution is 6.24. The first-order chi connectivity index (χ1) is 36.6. The SMILES string of the molecule is COCCOC(=O)N1C(=O)[C@@]2(c3cc(C#CCC(C(=O)OC)C(=O)OC)ccc31)[C@H](C(=O)Nc1ccc(N3CCOCC3)cc1)[C@H]1C(=O)O[C@H](c3ccccc3)[C@H](c3ccccc3)N1[C@@H]2c1ccccc1OCCO. The molecule has 2 N–H and O–H groups in total. The van der Waals surface area contributed by atoms with Crippen LogP contribution in [0.4, 0.5) is 21.9 Å². The Morgan fingerprint density at radius 1 is 0.787 bits per heavy atom. The fraction of sp³-hybridized carbons (Fsp3) is 0.333. The van der Waals surface area contributed by atoms with E-state index in [4.69, 9.17) is 33.2 Å². The number of para-hydroxylation sites is 1. The highest BCUT2D eigenvalue weighted by Crippen LogP contribution is 2.67. The number of fused-ring (bicyclic) bond motifs is 3. The summed E-state index contributed by atoms with van der Waals surface area (Å²) in [5.74, 6) is -1.16. The maximum Gasteiger partial charge on any atom is 0.421 e. The topological polar surface area (TPSA) is 209 Å².